The van der Waals surface area contributed by atoms with Gasteiger partial charge in [-0.15, -0.1) is 0 Å². The molecule has 3 amide bonds. The molecule has 0 radical (unpaired) electrons. The molecule has 2 N–H and O–H groups in total. The highest BCUT2D eigenvalue weighted by Crippen LogP contribution is 2.22. The fourth-order valence-corrected chi connectivity index (χ4v) is 3.04. The van der Waals surface area contributed by atoms with E-state index in [0.717, 1.165) is 5.69 Å². The molecule has 0 bridgehead atoms. The van der Waals surface area contributed by atoms with Gasteiger partial charge in [0, 0.05) is 43.9 Å². The van der Waals surface area contributed by atoms with Crippen molar-refractivity contribution in [2.45, 2.75) is 0 Å². The lowest BCUT2D eigenvalue weighted by Gasteiger charge is -2.15. The van der Waals surface area contributed by atoms with Crippen molar-refractivity contribution in [3.8, 4) is 5.82 Å². The molecule has 2 aromatic heterocycles. The topological polar surface area (TPSA) is 84.2 Å². The predicted molar refractivity (Wildman–Crippen MR) is 97.7 cm³/mol. The Morgan fingerprint density at radius 3 is 2.77 bits per heavy atom. The molecule has 1 aliphatic rings. The lowest BCUT2D eigenvalue weighted by molar-refractivity contribution is 0.102. The number of anilines is 2. The molecule has 1 saturated heterocycles. The lowest BCUT2D eigenvalue weighted by atomic mass is 10.2. The smallest absolute Gasteiger partial charge is 0.321 e. The third kappa shape index (κ3) is 2.81. The molecule has 4 rings (SSSR count). The molecule has 1 aromatic carbocycles. The Morgan fingerprint density at radius 1 is 1.23 bits per heavy atom. The predicted octanol–water partition coefficient (Wildman–Crippen LogP) is 1.99. The van der Waals surface area contributed by atoms with Crippen LogP contribution in [-0.2, 0) is 7.05 Å². The van der Waals surface area contributed by atoms with E-state index in [1.807, 2.05) is 41.2 Å². The van der Waals surface area contributed by atoms with Crippen LogP contribution in [0.1, 0.15) is 10.4 Å². The summed E-state index contributed by atoms with van der Waals surface area (Å²) in [6.07, 6.45) is 5.27. The van der Waals surface area contributed by atoms with Crippen LogP contribution in [-0.4, -0.2) is 39.4 Å². The van der Waals surface area contributed by atoms with Gasteiger partial charge in [-0.1, -0.05) is 6.07 Å². The second-order valence-corrected chi connectivity index (χ2v) is 5.98. The fourth-order valence-electron chi connectivity index (χ4n) is 3.04. The number of carbonyl (C=O) groups excluding carboxylic acids is 2. The zero-order valence-corrected chi connectivity index (χ0v) is 14.2. The van der Waals surface area contributed by atoms with Crippen molar-refractivity contribution in [2.24, 2.45) is 7.05 Å². The Kier molecular flexibility index (Phi) is 3.92. The van der Waals surface area contributed by atoms with E-state index in [1.165, 1.54) is 0 Å². The first-order chi connectivity index (χ1) is 12.6. The lowest BCUT2D eigenvalue weighted by Crippen LogP contribution is -2.27. The number of amides is 3. The maximum absolute atomic E-state index is 12.8. The first-order valence-electron chi connectivity index (χ1n) is 8.25. The molecule has 0 unspecified atom stereocenters. The van der Waals surface area contributed by atoms with E-state index in [9.17, 15) is 9.59 Å². The number of hydrogen-bond donors (Lipinski definition) is 2. The number of benzene rings is 1. The summed E-state index contributed by atoms with van der Waals surface area (Å²) in [5, 5.41) is 9.85. The van der Waals surface area contributed by atoms with Crippen LogP contribution < -0.4 is 15.5 Å². The van der Waals surface area contributed by atoms with Gasteiger partial charge in [-0.2, -0.15) is 5.10 Å². The fraction of sp³-hybridized carbons (Fsp3) is 0.167. The summed E-state index contributed by atoms with van der Waals surface area (Å²) >= 11 is 0. The minimum absolute atomic E-state index is 0.129. The van der Waals surface area contributed by atoms with Crippen LogP contribution in [0.15, 0.2) is 55.0 Å². The van der Waals surface area contributed by atoms with Crippen LogP contribution in [0.4, 0.5) is 16.2 Å². The summed E-state index contributed by atoms with van der Waals surface area (Å²) in [6.45, 7) is 1.22. The van der Waals surface area contributed by atoms with Gasteiger partial charge in [-0.05, 0) is 30.3 Å². The van der Waals surface area contributed by atoms with Gasteiger partial charge in [0.05, 0.1) is 6.20 Å². The summed E-state index contributed by atoms with van der Waals surface area (Å²) in [4.78, 5) is 26.2. The van der Waals surface area contributed by atoms with Crippen molar-refractivity contribution >= 4 is 23.3 Å². The van der Waals surface area contributed by atoms with Crippen molar-refractivity contribution in [3.05, 3.63) is 60.6 Å². The molecule has 1 aliphatic heterocycles. The summed E-state index contributed by atoms with van der Waals surface area (Å²) in [5.41, 5.74) is 1.83. The van der Waals surface area contributed by atoms with Gasteiger partial charge in [-0.3, -0.25) is 14.4 Å². The molecular formula is C18H18N6O2. The molecule has 0 spiro atoms. The Morgan fingerprint density at radius 2 is 2.04 bits per heavy atom. The molecule has 132 valence electrons. The number of nitrogens with zero attached hydrogens (tertiary/aromatic N) is 4. The highest BCUT2D eigenvalue weighted by atomic mass is 16.2. The van der Waals surface area contributed by atoms with E-state index in [-0.39, 0.29) is 11.9 Å². The van der Waals surface area contributed by atoms with Crippen LogP contribution in [0.2, 0.25) is 0 Å². The first kappa shape index (κ1) is 15.9. The number of rotatable bonds is 4. The second kappa shape index (κ2) is 6.40. The number of carbonyl (C=O) groups is 2. The highest BCUT2D eigenvalue weighted by Gasteiger charge is 2.22. The number of hydrogen-bond acceptors (Lipinski definition) is 3. The third-order valence-electron chi connectivity index (χ3n) is 4.27. The molecular weight excluding hydrogens is 332 g/mol. The average Bonchev–Trinajstić information content (AvgIpc) is 3.35. The summed E-state index contributed by atoms with van der Waals surface area (Å²) < 4.78 is 3.49. The SMILES string of the molecule is Cn1ncc(C(=O)Nc2cccc(N3CCNC3=O)c2)c1-n1cccc1. The third-order valence-corrected chi connectivity index (χ3v) is 4.27. The first-order valence-corrected chi connectivity index (χ1v) is 8.25. The zero-order valence-electron chi connectivity index (χ0n) is 14.2. The van der Waals surface area contributed by atoms with Gasteiger partial charge in [0.15, 0.2) is 0 Å². The molecule has 1 fully saturated rings. The van der Waals surface area contributed by atoms with Crippen molar-refractivity contribution in [2.75, 3.05) is 23.3 Å². The van der Waals surface area contributed by atoms with Crippen LogP contribution in [0.25, 0.3) is 5.82 Å². The number of urea groups is 1. The standard InChI is InChI=1S/C18H18N6O2/c1-22-17(23-8-2-3-9-23)15(12-20-22)16(25)21-13-5-4-6-14(11-13)24-10-7-19-18(24)26/h2-6,8-9,11-12H,7,10H2,1H3,(H,19,26)(H,21,25). The quantitative estimate of drug-likeness (QED) is 0.755. The molecule has 3 aromatic rings. The largest absolute Gasteiger partial charge is 0.336 e. The van der Waals surface area contributed by atoms with Crippen molar-refractivity contribution in [1.82, 2.24) is 19.7 Å². The number of nitrogens with one attached hydrogen (secondary N) is 2. The maximum atomic E-state index is 12.8. The van der Waals surface area contributed by atoms with Gasteiger partial charge < -0.3 is 15.2 Å². The van der Waals surface area contributed by atoms with E-state index in [4.69, 9.17) is 0 Å². The van der Waals surface area contributed by atoms with E-state index in [0.29, 0.717) is 30.2 Å². The van der Waals surface area contributed by atoms with Gasteiger partial charge in [-0.25, -0.2) is 4.79 Å². The van der Waals surface area contributed by atoms with Gasteiger partial charge in [0.2, 0.25) is 0 Å². The number of aromatic nitrogens is 3. The molecule has 0 atom stereocenters. The van der Waals surface area contributed by atoms with Gasteiger partial charge >= 0.3 is 6.03 Å². The summed E-state index contributed by atoms with van der Waals surface area (Å²) in [6, 6.07) is 10.9. The van der Waals surface area contributed by atoms with Crippen LogP contribution >= 0.6 is 0 Å². The van der Waals surface area contributed by atoms with E-state index < -0.39 is 0 Å². The van der Waals surface area contributed by atoms with Crippen molar-refractivity contribution in [3.63, 3.8) is 0 Å². The van der Waals surface area contributed by atoms with Gasteiger partial charge in [0.1, 0.15) is 11.4 Å². The summed E-state index contributed by atoms with van der Waals surface area (Å²) in [5.74, 6) is 0.424. The van der Waals surface area contributed by atoms with Gasteiger partial charge in [0.25, 0.3) is 5.91 Å². The Labute approximate surface area is 150 Å². The monoisotopic (exact) mass is 350 g/mol. The minimum atomic E-state index is -0.259. The second-order valence-electron chi connectivity index (χ2n) is 5.98. The van der Waals surface area contributed by atoms with Crippen molar-refractivity contribution in [1.29, 1.82) is 0 Å². The summed E-state index contributed by atoms with van der Waals surface area (Å²) in [7, 11) is 1.79. The Hall–Kier alpha value is -3.55. The minimum Gasteiger partial charge on any atom is -0.336 e. The van der Waals surface area contributed by atoms with Crippen molar-refractivity contribution < 1.29 is 9.59 Å². The van der Waals surface area contributed by atoms with E-state index in [1.54, 1.807) is 35.0 Å². The number of aryl methyl sites for hydroxylation is 1. The average molecular weight is 350 g/mol. The molecule has 0 aliphatic carbocycles. The van der Waals surface area contributed by atoms with Crippen LogP contribution in [0.5, 0.6) is 0 Å². The van der Waals surface area contributed by atoms with Crippen LogP contribution in [0, 0.1) is 0 Å². The molecule has 8 heteroatoms. The highest BCUT2D eigenvalue weighted by molar-refractivity contribution is 6.06. The molecule has 3 heterocycles. The zero-order chi connectivity index (χ0) is 18.1. The molecule has 26 heavy (non-hydrogen) atoms. The Bertz CT molecular complexity index is 960. The maximum Gasteiger partial charge on any atom is 0.321 e. The van der Waals surface area contributed by atoms with E-state index >= 15 is 0 Å². The molecule has 0 saturated carbocycles. The van der Waals surface area contributed by atoms with E-state index in [2.05, 4.69) is 15.7 Å². The van der Waals surface area contributed by atoms with Crippen LogP contribution in [0.3, 0.4) is 0 Å². The Balaban J connectivity index is 1.59. The molecule has 8 nitrogen and oxygen atoms in total. The normalized spacial score (nSPS) is 13.7.